The Balaban J connectivity index is 1.29. The zero-order valence-corrected chi connectivity index (χ0v) is 17.0. The molecular formula is C22H26ClN3O3. The third kappa shape index (κ3) is 7.07. The van der Waals surface area contributed by atoms with Gasteiger partial charge in [-0.25, -0.2) is 0 Å². The molecule has 1 fully saturated rings. The second-order valence-electron chi connectivity index (χ2n) is 7.04. The maximum Gasteiger partial charge on any atom is 0.251 e. The molecule has 1 aliphatic heterocycles. The smallest absolute Gasteiger partial charge is 0.251 e. The van der Waals surface area contributed by atoms with E-state index in [1.807, 2.05) is 30.3 Å². The van der Waals surface area contributed by atoms with Gasteiger partial charge in [0.15, 0.2) is 0 Å². The zero-order chi connectivity index (χ0) is 20.5. The number of hydrogen-bond acceptors (Lipinski definition) is 4. The molecule has 2 aromatic rings. The number of piperidine rings is 1. The van der Waals surface area contributed by atoms with Crippen molar-refractivity contribution >= 4 is 23.4 Å². The molecule has 1 aliphatic rings. The third-order valence-corrected chi connectivity index (χ3v) is 5.08. The number of ether oxygens (including phenoxy) is 1. The minimum Gasteiger partial charge on any atom is -0.492 e. The van der Waals surface area contributed by atoms with Crippen LogP contribution in [0.2, 0.25) is 5.02 Å². The van der Waals surface area contributed by atoms with Crippen molar-refractivity contribution in [1.82, 2.24) is 15.5 Å². The molecule has 7 heteroatoms. The van der Waals surface area contributed by atoms with Gasteiger partial charge in [-0.15, -0.1) is 0 Å². The van der Waals surface area contributed by atoms with Crippen LogP contribution in [-0.4, -0.2) is 55.5 Å². The fraction of sp³-hybridized carbons (Fsp3) is 0.364. The molecule has 2 aromatic carbocycles. The molecule has 0 atom stereocenters. The van der Waals surface area contributed by atoms with E-state index in [1.165, 1.54) is 0 Å². The van der Waals surface area contributed by atoms with Crippen LogP contribution in [0.25, 0.3) is 0 Å². The Kier molecular flexibility index (Phi) is 7.90. The molecule has 0 bridgehead atoms. The maximum absolute atomic E-state index is 12.2. The zero-order valence-electron chi connectivity index (χ0n) is 16.3. The lowest BCUT2D eigenvalue weighted by atomic mass is 10.0. The van der Waals surface area contributed by atoms with E-state index in [9.17, 15) is 9.59 Å². The van der Waals surface area contributed by atoms with Crippen molar-refractivity contribution in [3.63, 3.8) is 0 Å². The van der Waals surface area contributed by atoms with E-state index in [0.29, 0.717) is 30.3 Å². The summed E-state index contributed by atoms with van der Waals surface area (Å²) in [4.78, 5) is 26.5. The van der Waals surface area contributed by atoms with Crippen LogP contribution in [-0.2, 0) is 4.79 Å². The van der Waals surface area contributed by atoms with Crippen LogP contribution in [0.15, 0.2) is 54.6 Å². The summed E-state index contributed by atoms with van der Waals surface area (Å²) in [7, 11) is 0. The van der Waals surface area contributed by atoms with Gasteiger partial charge in [-0.1, -0.05) is 29.8 Å². The van der Waals surface area contributed by atoms with Gasteiger partial charge in [0.2, 0.25) is 5.91 Å². The number of nitrogens with zero attached hydrogens (tertiary/aromatic N) is 1. The van der Waals surface area contributed by atoms with E-state index in [4.69, 9.17) is 16.3 Å². The summed E-state index contributed by atoms with van der Waals surface area (Å²) in [5, 5.41) is 6.62. The summed E-state index contributed by atoms with van der Waals surface area (Å²) < 4.78 is 5.56. The second kappa shape index (κ2) is 10.8. The van der Waals surface area contributed by atoms with E-state index in [2.05, 4.69) is 15.5 Å². The van der Waals surface area contributed by atoms with E-state index in [-0.39, 0.29) is 17.9 Å². The number of carbonyl (C=O) groups excluding carboxylic acids is 2. The van der Waals surface area contributed by atoms with Gasteiger partial charge in [-0.3, -0.25) is 14.5 Å². The number of halogens is 1. The summed E-state index contributed by atoms with van der Waals surface area (Å²) in [5.41, 5.74) is 0.676. The Labute approximate surface area is 176 Å². The fourth-order valence-electron chi connectivity index (χ4n) is 3.24. The molecule has 0 unspecified atom stereocenters. The molecule has 1 heterocycles. The number of benzene rings is 2. The Morgan fingerprint density at radius 2 is 1.72 bits per heavy atom. The highest BCUT2D eigenvalue weighted by Gasteiger charge is 2.22. The molecule has 0 aromatic heterocycles. The summed E-state index contributed by atoms with van der Waals surface area (Å²) in [5.74, 6) is 0.669. The lowest BCUT2D eigenvalue weighted by Crippen LogP contribution is -2.47. The average Bonchev–Trinajstić information content (AvgIpc) is 2.74. The standard InChI is InChI=1S/C22H26ClN3O3/c23-18-6-8-20(9-7-18)29-15-12-24-21(27)16-26-13-10-19(11-14-26)25-22(28)17-4-2-1-3-5-17/h1-9,19H,10-16H2,(H,24,27)(H,25,28). The van der Waals surface area contributed by atoms with E-state index in [1.54, 1.807) is 24.3 Å². The molecule has 2 amide bonds. The minimum atomic E-state index is -0.0394. The van der Waals surface area contributed by atoms with Gasteiger partial charge in [0.25, 0.3) is 5.91 Å². The van der Waals surface area contributed by atoms with Gasteiger partial charge >= 0.3 is 0 Å². The van der Waals surface area contributed by atoms with Gasteiger partial charge in [0.05, 0.1) is 13.1 Å². The summed E-state index contributed by atoms with van der Waals surface area (Å²) in [6, 6.07) is 16.5. The van der Waals surface area contributed by atoms with Crippen LogP contribution >= 0.6 is 11.6 Å². The molecule has 6 nitrogen and oxygen atoms in total. The summed E-state index contributed by atoms with van der Waals surface area (Å²) in [6.07, 6.45) is 1.68. The molecular weight excluding hydrogens is 390 g/mol. The topological polar surface area (TPSA) is 70.7 Å². The normalized spacial score (nSPS) is 14.9. The Bertz CT molecular complexity index is 791. The van der Waals surface area contributed by atoms with E-state index in [0.717, 1.165) is 31.7 Å². The molecule has 0 radical (unpaired) electrons. The number of nitrogens with one attached hydrogen (secondary N) is 2. The number of carbonyl (C=O) groups is 2. The van der Waals surface area contributed by atoms with E-state index >= 15 is 0 Å². The van der Waals surface area contributed by atoms with Gasteiger partial charge in [-0.05, 0) is 49.2 Å². The predicted octanol–water partition coefficient (Wildman–Crippen LogP) is 2.73. The number of rotatable bonds is 8. The predicted molar refractivity (Wildman–Crippen MR) is 113 cm³/mol. The molecule has 0 spiro atoms. The van der Waals surface area contributed by atoms with Crippen LogP contribution in [0.5, 0.6) is 5.75 Å². The first-order valence-electron chi connectivity index (χ1n) is 9.83. The van der Waals surface area contributed by atoms with Crippen molar-refractivity contribution in [3.05, 3.63) is 65.2 Å². The molecule has 3 rings (SSSR count). The Hall–Kier alpha value is -2.57. The van der Waals surface area contributed by atoms with Crippen LogP contribution in [0, 0.1) is 0 Å². The van der Waals surface area contributed by atoms with Crippen LogP contribution in [0.4, 0.5) is 0 Å². The Morgan fingerprint density at radius 1 is 1.03 bits per heavy atom. The molecule has 2 N–H and O–H groups in total. The first kappa shape index (κ1) is 21.1. The van der Waals surface area contributed by atoms with Crippen LogP contribution < -0.4 is 15.4 Å². The van der Waals surface area contributed by atoms with Crippen molar-refractivity contribution < 1.29 is 14.3 Å². The molecule has 29 heavy (non-hydrogen) atoms. The monoisotopic (exact) mass is 415 g/mol. The number of amides is 2. The number of hydrogen-bond donors (Lipinski definition) is 2. The third-order valence-electron chi connectivity index (χ3n) is 4.83. The lowest BCUT2D eigenvalue weighted by molar-refractivity contribution is -0.122. The van der Waals surface area contributed by atoms with Gasteiger partial charge < -0.3 is 15.4 Å². The van der Waals surface area contributed by atoms with Crippen LogP contribution in [0.3, 0.4) is 0 Å². The van der Waals surface area contributed by atoms with E-state index < -0.39 is 0 Å². The summed E-state index contributed by atoms with van der Waals surface area (Å²) in [6.45, 7) is 2.79. The molecule has 1 saturated heterocycles. The van der Waals surface area contributed by atoms with Gasteiger partial charge in [-0.2, -0.15) is 0 Å². The first-order chi connectivity index (χ1) is 14.1. The summed E-state index contributed by atoms with van der Waals surface area (Å²) >= 11 is 5.83. The van der Waals surface area contributed by atoms with Crippen molar-refractivity contribution in [1.29, 1.82) is 0 Å². The van der Waals surface area contributed by atoms with Crippen molar-refractivity contribution in [2.24, 2.45) is 0 Å². The highest BCUT2D eigenvalue weighted by atomic mass is 35.5. The quantitative estimate of drug-likeness (QED) is 0.650. The largest absolute Gasteiger partial charge is 0.492 e. The second-order valence-corrected chi connectivity index (χ2v) is 7.48. The van der Waals surface area contributed by atoms with Crippen LogP contribution in [0.1, 0.15) is 23.2 Å². The lowest BCUT2D eigenvalue weighted by Gasteiger charge is -2.31. The highest BCUT2D eigenvalue weighted by Crippen LogP contribution is 2.15. The van der Waals surface area contributed by atoms with Gasteiger partial charge in [0, 0.05) is 29.7 Å². The molecule has 0 saturated carbocycles. The van der Waals surface area contributed by atoms with Crippen molar-refractivity contribution in [3.8, 4) is 5.75 Å². The SMILES string of the molecule is O=C(CN1CCC(NC(=O)c2ccccc2)CC1)NCCOc1ccc(Cl)cc1. The molecule has 0 aliphatic carbocycles. The van der Waals surface area contributed by atoms with Crippen molar-refractivity contribution in [2.45, 2.75) is 18.9 Å². The van der Waals surface area contributed by atoms with Crippen molar-refractivity contribution in [2.75, 3.05) is 32.8 Å². The highest BCUT2D eigenvalue weighted by molar-refractivity contribution is 6.30. The minimum absolute atomic E-state index is 0.0172. The maximum atomic E-state index is 12.2. The van der Waals surface area contributed by atoms with Gasteiger partial charge in [0.1, 0.15) is 12.4 Å². The number of likely N-dealkylation sites (tertiary alicyclic amines) is 1. The average molecular weight is 416 g/mol. The first-order valence-corrected chi connectivity index (χ1v) is 10.2. The Morgan fingerprint density at radius 3 is 2.41 bits per heavy atom. The fourth-order valence-corrected chi connectivity index (χ4v) is 3.37. The molecule has 154 valence electrons.